The van der Waals surface area contributed by atoms with E-state index >= 15 is 0 Å². The molecule has 5 aromatic rings. The van der Waals surface area contributed by atoms with E-state index in [1.807, 2.05) is 36.4 Å². The summed E-state index contributed by atoms with van der Waals surface area (Å²) >= 11 is 7.63. The summed E-state index contributed by atoms with van der Waals surface area (Å²) in [6, 6.07) is 11.3. The molecule has 2 aliphatic rings. The Hall–Kier alpha value is -3.36. The topological polar surface area (TPSA) is 74.8 Å². The monoisotopic (exact) mass is 770 g/mol. The largest absolute Gasteiger partial charge is 0.274 e. The van der Waals surface area contributed by atoms with Crippen LogP contribution in [0.2, 0.25) is 0 Å². The van der Waals surface area contributed by atoms with E-state index in [2.05, 4.69) is 45.7 Å². The first-order valence-electron chi connectivity index (χ1n) is 17.6. The number of benzene rings is 5. The van der Waals surface area contributed by atoms with Gasteiger partial charge in [0.05, 0.1) is 0 Å². The number of hydrogen-bond donors (Lipinski definition) is 0. The van der Waals surface area contributed by atoms with Gasteiger partial charge in [-0.15, -0.1) is 0 Å². The number of imide groups is 2. The van der Waals surface area contributed by atoms with Crippen LogP contribution in [0.1, 0.15) is 132 Å². The molecule has 6 nitrogen and oxygen atoms in total. The molecular formula is C40H40Br2N2O4. The van der Waals surface area contributed by atoms with Crippen LogP contribution in [0.5, 0.6) is 0 Å². The van der Waals surface area contributed by atoms with Crippen molar-refractivity contribution < 1.29 is 19.2 Å². The van der Waals surface area contributed by atoms with Crippen molar-refractivity contribution in [3.8, 4) is 0 Å². The van der Waals surface area contributed by atoms with Gasteiger partial charge in [-0.1, -0.05) is 122 Å². The third-order valence-electron chi connectivity index (χ3n) is 10.4. The number of unbranched alkanes of at least 4 members (excludes halogenated alkanes) is 10. The number of fused-ring (bicyclic) bond motifs is 2. The molecule has 248 valence electrons. The Morgan fingerprint density at radius 3 is 1.25 bits per heavy atom. The highest BCUT2D eigenvalue weighted by Crippen LogP contribution is 2.50. The van der Waals surface area contributed by atoms with Crippen LogP contribution in [0.4, 0.5) is 0 Å². The van der Waals surface area contributed by atoms with E-state index in [4.69, 9.17) is 0 Å². The van der Waals surface area contributed by atoms with Gasteiger partial charge in [0.2, 0.25) is 0 Å². The van der Waals surface area contributed by atoms with Crippen molar-refractivity contribution in [2.75, 3.05) is 13.1 Å². The Labute approximate surface area is 297 Å². The van der Waals surface area contributed by atoms with E-state index in [0.717, 1.165) is 79.8 Å². The molecule has 0 fully saturated rings. The normalized spacial score (nSPS) is 14.7. The molecule has 8 heteroatoms. The van der Waals surface area contributed by atoms with Crippen LogP contribution < -0.4 is 0 Å². The summed E-state index contributed by atoms with van der Waals surface area (Å²) in [7, 11) is 0. The van der Waals surface area contributed by atoms with Gasteiger partial charge in [-0.2, -0.15) is 0 Å². The van der Waals surface area contributed by atoms with E-state index in [1.165, 1.54) is 48.3 Å². The molecule has 5 aromatic carbocycles. The molecule has 2 aliphatic heterocycles. The molecule has 0 spiro atoms. The minimum absolute atomic E-state index is 0.249. The fraction of sp³-hybridized carbons (Fsp3) is 0.400. The maximum Gasteiger partial charge on any atom is 0.261 e. The Morgan fingerprint density at radius 2 is 0.812 bits per heavy atom. The minimum atomic E-state index is -0.265. The highest BCUT2D eigenvalue weighted by atomic mass is 79.9. The van der Waals surface area contributed by atoms with E-state index in [-0.39, 0.29) is 23.6 Å². The van der Waals surface area contributed by atoms with Crippen LogP contribution >= 0.6 is 31.9 Å². The zero-order valence-corrected chi connectivity index (χ0v) is 30.8. The van der Waals surface area contributed by atoms with Crippen molar-refractivity contribution in [2.24, 2.45) is 0 Å². The Morgan fingerprint density at radius 1 is 0.438 bits per heavy atom. The zero-order valence-electron chi connectivity index (χ0n) is 27.6. The summed E-state index contributed by atoms with van der Waals surface area (Å²) in [5, 5.41) is 6.49. The molecule has 4 amide bonds. The summed E-state index contributed by atoms with van der Waals surface area (Å²) in [5.74, 6) is -1.03. The molecule has 0 bridgehead atoms. The van der Waals surface area contributed by atoms with Gasteiger partial charge in [-0.05, 0) is 53.3 Å². The molecule has 0 atom stereocenters. The number of carbonyl (C=O) groups excluding carboxylic acids is 4. The molecule has 0 radical (unpaired) electrons. The highest BCUT2D eigenvalue weighted by molar-refractivity contribution is 9.11. The van der Waals surface area contributed by atoms with Crippen LogP contribution in [-0.2, 0) is 0 Å². The second-order valence-corrected chi connectivity index (χ2v) is 15.2. The summed E-state index contributed by atoms with van der Waals surface area (Å²) < 4.78 is 1.48. The van der Waals surface area contributed by atoms with Crippen molar-refractivity contribution >= 4 is 98.6 Å². The molecule has 0 N–H and O–H groups in total. The Balaban J connectivity index is 1.33. The van der Waals surface area contributed by atoms with E-state index in [1.54, 1.807) is 0 Å². The Kier molecular flexibility index (Phi) is 9.33. The second kappa shape index (κ2) is 13.5. The predicted octanol–water partition coefficient (Wildman–Crippen LogP) is 11.2. The van der Waals surface area contributed by atoms with Gasteiger partial charge in [0.15, 0.2) is 0 Å². The molecular weight excluding hydrogens is 732 g/mol. The third kappa shape index (κ3) is 5.25. The highest BCUT2D eigenvalue weighted by Gasteiger charge is 2.37. The molecule has 2 heterocycles. The Bertz CT molecular complexity index is 2010. The summed E-state index contributed by atoms with van der Waals surface area (Å²) in [6.07, 6.45) is 12.9. The van der Waals surface area contributed by atoms with Crippen molar-refractivity contribution in [3.63, 3.8) is 0 Å². The van der Waals surface area contributed by atoms with Crippen molar-refractivity contribution in [2.45, 2.75) is 90.9 Å². The SMILES string of the molecule is CCCCCCCCN1C(=O)c2ccc3c4c(Br)cc5c6c(cc(Br)c(c7ccc(c2c37)C1=O)c64)C(=O)N(CCCCCCCC)C5=O. The van der Waals surface area contributed by atoms with Gasteiger partial charge in [0.1, 0.15) is 0 Å². The molecule has 7 rings (SSSR count). The first-order chi connectivity index (χ1) is 23.3. The molecule has 48 heavy (non-hydrogen) atoms. The van der Waals surface area contributed by atoms with Gasteiger partial charge in [0.25, 0.3) is 23.6 Å². The average Bonchev–Trinajstić information content (AvgIpc) is 3.08. The van der Waals surface area contributed by atoms with Gasteiger partial charge < -0.3 is 0 Å². The fourth-order valence-corrected chi connectivity index (χ4v) is 9.26. The molecule has 0 saturated heterocycles. The zero-order chi connectivity index (χ0) is 33.7. The summed E-state index contributed by atoms with van der Waals surface area (Å²) in [4.78, 5) is 58.5. The maximum absolute atomic E-state index is 14.0. The first-order valence-corrected chi connectivity index (χ1v) is 19.2. The average molecular weight is 773 g/mol. The second-order valence-electron chi connectivity index (χ2n) is 13.4. The number of nitrogens with zero attached hydrogens (tertiary/aromatic N) is 2. The van der Waals surface area contributed by atoms with Crippen molar-refractivity contribution in [1.82, 2.24) is 9.80 Å². The lowest BCUT2D eigenvalue weighted by Gasteiger charge is -2.31. The van der Waals surface area contributed by atoms with Gasteiger partial charge in [-0.25, -0.2) is 0 Å². The van der Waals surface area contributed by atoms with Crippen LogP contribution in [-0.4, -0.2) is 46.5 Å². The summed E-state index contributed by atoms with van der Waals surface area (Å²) in [5.41, 5.74) is 2.10. The van der Waals surface area contributed by atoms with Crippen LogP contribution in [0.3, 0.4) is 0 Å². The fourth-order valence-electron chi connectivity index (χ4n) is 7.98. The van der Waals surface area contributed by atoms with E-state index in [0.29, 0.717) is 46.1 Å². The lowest BCUT2D eigenvalue weighted by molar-refractivity contribution is 0.0592. The van der Waals surface area contributed by atoms with Crippen LogP contribution in [0, 0.1) is 0 Å². The number of hydrogen-bond acceptors (Lipinski definition) is 4. The van der Waals surface area contributed by atoms with Crippen molar-refractivity contribution in [1.29, 1.82) is 0 Å². The van der Waals surface area contributed by atoms with Gasteiger partial charge in [-0.3, -0.25) is 29.0 Å². The molecule has 0 aromatic heterocycles. The van der Waals surface area contributed by atoms with E-state index in [9.17, 15) is 19.2 Å². The molecule has 0 unspecified atom stereocenters. The smallest absolute Gasteiger partial charge is 0.261 e. The summed E-state index contributed by atoms with van der Waals surface area (Å²) in [6.45, 7) is 5.19. The standard InChI is InChI=1S/C40H40Br2N2O4/c1-3-5-7-9-11-13-19-43-37(45)25-17-15-23-31-24(16-18-26(32(25)31)38(43)46)35-30(42)22-28-33-27(21-29(41)34(23)36(33)35)39(47)44(40(28)48)20-14-12-10-8-6-4-2/h15-18,21-22H,3-14,19-20H2,1-2H3. The number of carbonyl (C=O) groups is 4. The van der Waals surface area contributed by atoms with Gasteiger partial charge >= 0.3 is 0 Å². The molecule has 0 saturated carbocycles. The number of halogens is 2. The van der Waals surface area contributed by atoms with Crippen LogP contribution in [0.15, 0.2) is 45.3 Å². The quantitative estimate of drug-likeness (QED) is 0.0488. The van der Waals surface area contributed by atoms with E-state index < -0.39 is 0 Å². The lowest BCUT2D eigenvalue weighted by Crippen LogP contribution is -2.41. The first kappa shape index (κ1) is 33.2. The number of amides is 4. The number of rotatable bonds is 14. The minimum Gasteiger partial charge on any atom is -0.274 e. The lowest BCUT2D eigenvalue weighted by atomic mass is 9.82. The molecule has 0 aliphatic carbocycles. The predicted molar refractivity (Wildman–Crippen MR) is 201 cm³/mol. The third-order valence-corrected chi connectivity index (χ3v) is 11.6. The van der Waals surface area contributed by atoms with Crippen molar-refractivity contribution in [3.05, 3.63) is 67.6 Å². The van der Waals surface area contributed by atoms with Gasteiger partial charge in [0, 0.05) is 71.2 Å². The maximum atomic E-state index is 14.0. The van der Waals surface area contributed by atoms with Crippen LogP contribution in [0.25, 0.3) is 43.1 Å².